The Kier molecular flexibility index (Phi) is 5.57. The average molecular weight is 335 g/mol. The summed E-state index contributed by atoms with van der Waals surface area (Å²) in [5.74, 6) is 0.967. The molecular formula is C19H21N5O. The molecule has 128 valence electrons. The van der Waals surface area contributed by atoms with Crippen LogP contribution in [0.1, 0.15) is 24.1 Å². The molecule has 1 fully saturated rings. The lowest BCUT2D eigenvalue weighted by atomic mass is 10.1. The maximum absolute atomic E-state index is 12.5. The van der Waals surface area contributed by atoms with Crippen LogP contribution < -0.4 is 4.90 Å². The number of hydrogen-bond acceptors (Lipinski definition) is 5. The van der Waals surface area contributed by atoms with E-state index in [9.17, 15) is 4.79 Å². The van der Waals surface area contributed by atoms with Crippen LogP contribution in [0.2, 0.25) is 0 Å². The summed E-state index contributed by atoms with van der Waals surface area (Å²) in [6.45, 7) is 3.03. The second kappa shape index (κ2) is 8.25. The van der Waals surface area contributed by atoms with Gasteiger partial charge in [-0.2, -0.15) is 5.26 Å². The first-order valence-electron chi connectivity index (χ1n) is 8.55. The average Bonchev–Trinajstić information content (AvgIpc) is 2.93. The molecular weight excluding hydrogens is 314 g/mol. The standard InChI is InChI=1S/C19H21N5O/c20-13-17-14-22-18(15-21-17)23-9-4-10-24(12-11-23)19(25)8-7-16-5-2-1-3-6-16/h1-3,5-6,14-15H,4,7-12H2. The fourth-order valence-electron chi connectivity index (χ4n) is 2.99. The molecule has 6 heteroatoms. The lowest BCUT2D eigenvalue weighted by molar-refractivity contribution is -0.130. The van der Waals surface area contributed by atoms with E-state index < -0.39 is 0 Å². The van der Waals surface area contributed by atoms with Gasteiger partial charge in [-0.15, -0.1) is 0 Å². The van der Waals surface area contributed by atoms with E-state index in [1.54, 1.807) is 6.20 Å². The molecule has 1 aliphatic rings. The van der Waals surface area contributed by atoms with E-state index in [4.69, 9.17) is 5.26 Å². The van der Waals surface area contributed by atoms with Crippen molar-refractivity contribution in [1.29, 1.82) is 5.26 Å². The molecule has 0 saturated carbocycles. The van der Waals surface area contributed by atoms with Crippen molar-refractivity contribution in [2.45, 2.75) is 19.3 Å². The SMILES string of the molecule is N#Cc1cnc(N2CCCN(C(=O)CCc3ccccc3)CC2)cn1. The second-order valence-corrected chi connectivity index (χ2v) is 6.08. The van der Waals surface area contributed by atoms with Crippen molar-refractivity contribution in [3.63, 3.8) is 0 Å². The summed E-state index contributed by atoms with van der Waals surface area (Å²) in [6, 6.07) is 12.1. The van der Waals surface area contributed by atoms with Gasteiger partial charge in [0.05, 0.1) is 12.4 Å². The minimum Gasteiger partial charge on any atom is -0.354 e. The van der Waals surface area contributed by atoms with Crippen molar-refractivity contribution in [3.05, 3.63) is 54.0 Å². The topological polar surface area (TPSA) is 73.1 Å². The van der Waals surface area contributed by atoms with Crippen LogP contribution in [0.5, 0.6) is 0 Å². The molecule has 2 heterocycles. The van der Waals surface area contributed by atoms with E-state index in [2.05, 4.69) is 27.0 Å². The van der Waals surface area contributed by atoms with E-state index in [1.807, 2.05) is 29.2 Å². The Morgan fingerprint density at radius 1 is 1.08 bits per heavy atom. The van der Waals surface area contributed by atoms with Crippen LogP contribution in [0.15, 0.2) is 42.7 Å². The highest BCUT2D eigenvalue weighted by atomic mass is 16.2. The highest BCUT2D eigenvalue weighted by molar-refractivity contribution is 5.76. The third kappa shape index (κ3) is 4.54. The highest BCUT2D eigenvalue weighted by Crippen LogP contribution is 2.14. The minimum absolute atomic E-state index is 0.205. The summed E-state index contributed by atoms with van der Waals surface area (Å²) in [7, 11) is 0. The quantitative estimate of drug-likeness (QED) is 0.855. The summed E-state index contributed by atoms with van der Waals surface area (Å²) in [6.07, 6.45) is 5.34. The Hall–Kier alpha value is -2.94. The van der Waals surface area contributed by atoms with Crippen LogP contribution in [0.4, 0.5) is 5.82 Å². The molecule has 1 amide bonds. The minimum atomic E-state index is 0.205. The number of hydrogen-bond donors (Lipinski definition) is 0. The zero-order valence-corrected chi connectivity index (χ0v) is 14.1. The molecule has 25 heavy (non-hydrogen) atoms. The largest absolute Gasteiger partial charge is 0.354 e. The van der Waals surface area contributed by atoms with Gasteiger partial charge in [0.25, 0.3) is 0 Å². The summed E-state index contributed by atoms with van der Waals surface area (Å²) in [5, 5.41) is 8.80. The number of aryl methyl sites for hydroxylation is 1. The van der Waals surface area contributed by atoms with E-state index >= 15 is 0 Å². The van der Waals surface area contributed by atoms with Gasteiger partial charge in [-0.3, -0.25) is 4.79 Å². The first-order chi connectivity index (χ1) is 12.3. The van der Waals surface area contributed by atoms with Gasteiger partial charge < -0.3 is 9.80 Å². The summed E-state index contributed by atoms with van der Waals surface area (Å²) < 4.78 is 0. The van der Waals surface area contributed by atoms with Crippen molar-refractivity contribution in [2.75, 3.05) is 31.1 Å². The van der Waals surface area contributed by atoms with Crippen molar-refractivity contribution < 1.29 is 4.79 Å². The lowest BCUT2D eigenvalue weighted by Crippen LogP contribution is -2.35. The van der Waals surface area contributed by atoms with Gasteiger partial charge in [0.1, 0.15) is 11.9 Å². The second-order valence-electron chi connectivity index (χ2n) is 6.08. The molecule has 1 saturated heterocycles. The number of rotatable bonds is 4. The zero-order chi connectivity index (χ0) is 17.5. The number of anilines is 1. The lowest BCUT2D eigenvalue weighted by Gasteiger charge is -2.22. The van der Waals surface area contributed by atoms with E-state index in [-0.39, 0.29) is 5.91 Å². The van der Waals surface area contributed by atoms with E-state index in [0.717, 1.165) is 38.3 Å². The van der Waals surface area contributed by atoms with Gasteiger partial charge in [-0.1, -0.05) is 30.3 Å². The molecule has 1 aromatic heterocycles. The molecule has 0 spiro atoms. The van der Waals surface area contributed by atoms with Gasteiger partial charge in [0.2, 0.25) is 5.91 Å². The molecule has 1 aromatic carbocycles. The smallest absolute Gasteiger partial charge is 0.222 e. The van der Waals surface area contributed by atoms with Gasteiger partial charge >= 0.3 is 0 Å². The predicted octanol–water partition coefficient (Wildman–Crippen LogP) is 2.02. The highest BCUT2D eigenvalue weighted by Gasteiger charge is 2.19. The Balaban J connectivity index is 1.53. The first kappa shape index (κ1) is 16.9. The van der Waals surface area contributed by atoms with Crippen LogP contribution in [0.25, 0.3) is 0 Å². The van der Waals surface area contributed by atoms with Gasteiger partial charge in [0.15, 0.2) is 5.69 Å². The van der Waals surface area contributed by atoms with Crippen LogP contribution in [-0.2, 0) is 11.2 Å². The molecule has 0 atom stereocenters. The van der Waals surface area contributed by atoms with E-state index in [0.29, 0.717) is 18.7 Å². The van der Waals surface area contributed by atoms with Crippen molar-refractivity contribution in [2.24, 2.45) is 0 Å². The fraction of sp³-hybridized carbons (Fsp3) is 0.368. The third-order valence-corrected chi connectivity index (χ3v) is 4.40. The van der Waals surface area contributed by atoms with Crippen LogP contribution in [0.3, 0.4) is 0 Å². The summed E-state index contributed by atoms with van der Waals surface area (Å²) >= 11 is 0. The number of aromatic nitrogens is 2. The van der Waals surface area contributed by atoms with Gasteiger partial charge in [-0.05, 0) is 18.4 Å². The number of nitriles is 1. The van der Waals surface area contributed by atoms with Crippen molar-refractivity contribution in [3.8, 4) is 6.07 Å². The molecule has 1 aliphatic heterocycles. The number of carbonyl (C=O) groups is 1. The van der Waals surface area contributed by atoms with E-state index in [1.165, 1.54) is 11.8 Å². The van der Waals surface area contributed by atoms with Gasteiger partial charge in [-0.25, -0.2) is 9.97 Å². The maximum Gasteiger partial charge on any atom is 0.222 e. The van der Waals surface area contributed by atoms with Crippen LogP contribution in [0, 0.1) is 11.3 Å². The first-order valence-corrected chi connectivity index (χ1v) is 8.55. The maximum atomic E-state index is 12.5. The summed E-state index contributed by atoms with van der Waals surface area (Å²) in [5.41, 5.74) is 1.51. The monoisotopic (exact) mass is 335 g/mol. The Morgan fingerprint density at radius 2 is 1.92 bits per heavy atom. The Morgan fingerprint density at radius 3 is 2.64 bits per heavy atom. The fourth-order valence-corrected chi connectivity index (χ4v) is 2.99. The zero-order valence-electron chi connectivity index (χ0n) is 14.1. The van der Waals surface area contributed by atoms with Crippen molar-refractivity contribution in [1.82, 2.24) is 14.9 Å². The molecule has 0 unspecified atom stereocenters. The number of amides is 1. The molecule has 0 bridgehead atoms. The third-order valence-electron chi connectivity index (χ3n) is 4.40. The van der Waals surface area contributed by atoms with Crippen molar-refractivity contribution >= 4 is 11.7 Å². The normalized spacial score (nSPS) is 14.7. The van der Waals surface area contributed by atoms with Gasteiger partial charge in [0, 0.05) is 32.6 Å². The van der Waals surface area contributed by atoms with Crippen LogP contribution >= 0.6 is 0 Å². The molecule has 0 radical (unpaired) electrons. The molecule has 0 N–H and O–H groups in total. The molecule has 6 nitrogen and oxygen atoms in total. The summed E-state index contributed by atoms with van der Waals surface area (Å²) in [4.78, 5) is 24.9. The van der Waals surface area contributed by atoms with Crippen LogP contribution in [-0.4, -0.2) is 47.0 Å². The Bertz CT molecular complexity index is 739. The number of benzene rings is 1. The predicted molar refractivity (Wildman–Crippen MR) is 94.9 cm³/mol. The number of carbonyl (C=O) groups excluding carboxylic acids is 1. The molecule has 0 aliphatic carbocycles. The molecule has 2 aromatic rings. The molecule has 3 rings (SSSR count). The number of nitrogens with zero attached hydrogens (tertiary/aromatic N) is 5. The Labute approximate surface area is 147 Å².